The van der Waals surface area contributed by atoms with Crippen LogP contribution in [-0.2, 0) is 19.1 Å². The van der Waals surface area contributed by atoms with E-state index in [1.54, 1.807) is 13.2 Å². The molecule has 294 valence electrons. The molecule has 0 saturated heterocycles. The lowest BCUT2D eigenvalue weighted by Gasteiger charge is -2.72. The Bertz CT molecular complexity index is 1540. The highest BCUT2D eigenvalue weighted by molar-refractivity contribution is 5.88. The highest BCUT2D eigenvalue weighted by atomic mass is 16.6. The van der Waals surface area contributed by atoms with Crippen LogP contribution < -0.4 is 5.32 Å². The summed E-state index contributed by atoms with van der Waals surface area (Å²) in [5.41, 5.74) is -5.34. The Morgan fingerprint density at radius 3 is 2.55 bits per heavy atom. The van der Waals surface area contributed by atoms with E-state index < -0.39 is 57.1 Å². The second kappa shape index (κ2) is 13.0. The zero-order valence-electron chi connectivity index (χ0n) is 32.2. The highest BCUT2D eigenvalue weighted by Crippen LogP contribution is 2.78. The maximum Gasteiger partial charge on any atom is 0.332 e. The third-order valence-corrected chi connectivity index (χ3v) is 18.2. The second-order valence-corrected chi connectivity index (χ2v) is 19.7. The number of carbonyl (C=O) groups is 2. The molecule has 1 spiro atoms. The molecule has 0 aromatic carbocycles. The molecule has 2 bridgehead atoms. The predicted molar refractivity (Wildman–Crippen MR) is 198 cm³/mol. The van der Waals surface area contributed by atoms with Crippen molar-refractivity contribution in [1.29, 1.82) is 0 Å². The number of hydrogen-bond acceptors (Lipinski definition) is 9. The summed E-state index contributed by atoms with van der Waals surface area (Å²) in [5, 5.41) is 56.3. The van der Waals surface area contributed by atoms with Crippen LogP contribution >= 0.6 is 0 Å². The molecule has 9 rings (SSSR count). The Morgan fingerprint density at radius 1 is 0.981 bits per heavy atom. The number of rotatable bonds is 9. The summed E-state index contributed by atoms with van der Waals surface area (Å²) in [6.45, 7) is 4.38. The summed E-state index contributed by atoms with van der Waals surface area (Å²) in [6.07, 6.45) is 18.1. The molecule has 0 amide bonds. The molecule has 0 aromatic heterocycles. The van der Waals surface area contributed by atoms with Gasteiger partial charge in [0.05, 0.1) is 22.7 Å². The van der Waals surface area contributed by atoms with Crippen LogP contribution in [-0.4, -0.2) is 88.0 Å². The van der Waals surface area contributed by atoms with Crippen molar-refractivity contribution in [2.75, 3.05) is 26.8 Å². The first kappa shape index (κ1) is 37.0. The van der Waals surface area contributed by atoms with Crippen molar-refractivity contribution in [3.05, 3.63) is 23.3 Å². The number of carbonyl (C=O) groups excluding carboxylic acids is 2. The third kappa shape index (κ3) is 4.76. The van der Waals surface area contributed by atoms with Gasteiger partial charge in [-0.1, -0.05) is 45.1 Å². The summed E-state index contributed by atoms with van der Waals surface area (Å²) in [5.74, 6) is -0.608. The van der Waals surface area contributed by atoms with E-state index >= 15 is 0 Å². The van der Waals surface area contributed by atoms with Crippen LogP contribution in [0.25, 0.3) is 0 Å². The van der Waals surface area contributed by atoms with Crippen molar-refractivity contribution in [2.24, 2.45) is 58.2 Å². The average molecular weight is 736 g/mol. The summed E-state index contributed by atoms with van der Waals surface area (Å²) in [4.78, 5) is 27.3. The van der Waals surface area contributed by atoms with E-state index in [2.05, 4.69) is 18.3 Å². The van der Waals surface area contributed by atoms with Gasteiger partial charge in [0, 0.05) is 43.6 Å². The molecule has 53 heavy (non-hydrogen) atoms. The van der Waals surface area contributed by atoms with E-state index in [0.717, 1.165) is 56.1 Å². The van der Waals surface area contributed by atoms with Gasteiger partial charge in [0.15, 0.2) is 5.60 Å². The Hall–Kier alpha value is -1.62. The van der Waals surface area contributed by atoms with Gasteiger partial charge >= 0.3 is 5.97 Å². The van der Waals surface area contributed by atoms with Crippen molar-refractivity contribution in [3.63, 3.8) is 0 Å². The number of esters is 1. The van der Waals surface area contributed by atoms with Crippen molar-refractivity contribution in [1.82, 2.24) is 5.32 Å². The largest absolute Gasteiger partial charge is 0.447 e. The normalized spacial score (nSPS) is 50.6. The van der Waals surface area contributed by atoms with Crippen LogP contribution in [0, 0.1) is 58.2 Å². The highest BCUT2D eigenvalue weighted by Gasteiger charge is 2.83. The summed E-state index contributed by atoms with van der Waals surface area (Å²) in [7, 11) is 1.70. The van der Waals surface area contributed by atoms with E-state index in [9.17, 15) is 30.0 Å². The topological polar surface area (TPSA) is 146 Å². The van der Waals surface area contributed by atoms with E-state index in [1.165, 1.54) is 25.7 Å². The van der Waals surface area contributed by atoms with E-state index in [1.807, 2.05) is 0 Å². The Morgan fingerprint density at radius 2 is 1.77 bits per heavy atom. The minimum atomic E-state index is -1.61. The Labute approximate surface area is 315 Å². The molecule has 9 nitrogen and oxygen atoms in total. The first-order valence-electron chi connectivity index (χ1n) is 21.6. The maximum absolute atomic E-state index is 14.0. The van der Waals surface area contributed by atoms with Gasteiger partial charge in [0.2, 0.25) is 0 Å². The minimum Gasteiger partial charge on any atom is -0.447 e. The van der Waals surface area contributed by atoms with Crippen molar-refractivity contribution < 1.29 is 39.5 Å². The fourth-order valence-corrected chi connectivity index (χ4v) is 16.0. The number of nitrogens with one attached hydrogen (secondary N) is 1. The van der Waals surface area contributed by atoms with Crippen molar-refractivity contribution in [3.8, 4) is 0 Å². The summed E-state index contributed by atoms with van der Waals surface area (Å²) < 4.78 is 11.6. The number of allylic oxidation sites excluding steroid dienone is 1. The van der Waals surface area contributed by atoms with Gasteiger partial charge < -0.3 is 40.0 Å². The van der Waals surface area contributed by atoms with Crippen LogP contribution in [0.4, 0.5) is 0 Å². The quantitative estimate of drug-likeness (QED) is 0.0937. The number of methoxy groups -OCH3 is 1. The van der Waals surface area contributed by atoms with Gasteiger partial charge in [-0.3, -0.25) is 0 Å². The molecule has 14 atom stereocenters. The third-order valence-electron chi connectivity index (χ3n) is 18.2. The minimum absolute atomic E-state index is 0.0938. The molecule has 1 aliphatic heterocycles. The monoisotopic (exact) mass is 735 g/mol. The zero-order chi connectivity index (χ0) is 37.0. The van der Waals surface area contributed by atoms with Gasteiger partial charge in [-0.25, -0.2) is 4.79 Å². The molecular formula is C44H65NO8. The van der Waals surface area contributed by atoms with Crippen LogP contribution in [0.2, 0.25) is 0 Å². The van der Waals surface area contributed by atoms with Crippen LogP contribution in [0.15, 0.2) is 23.3 Å². The first-order chi connectivity index (χ1) is 25.4. The van der Waals surface area contributed by atoms with Crippen molar-refractivity contribution in [2.45, 2.75) is 151 Å². The van der Waals surface area contributed by atoms with Gasteiger partial charge in [-0.05, 0) is 137 Å². The zero-order valence-corrected chi connectivity index (χ0v) is 32.2. The number of aliphatic hydroxyl groups is 4. The lowest BCUT2D eigenvalue weighted by molar-refractivity contribution is -0.344. The SMILES string of the molecule is COCCCNCC1=CC2CC3(O)C4(O)CC5CC(C(C)C6CCCC6)CCC6C(O)CCC(C=O)(C4CCC34CCCCC13OC(=O)C=C3C24)C56O. The molecule has 9 heteroatoms. The van der Waals surface area contributed by atoms with E-state index in [-0.39, 0.29) is 24.2 Å². The molecule has 5 N–H and O–H groups in total. The lowest BCUT2D eigenvalue weighted by atomic mass is 9.35. The molecule has 0 radical (unpaired) electrons. The molecule has 0 aromatic rings. The van der Waals surface area contributed by atoms with Crippen LogP contribution in [0.5, 0.6) is 0 Å². The summed E-state index contributed by atoms with van der Waals surface area (Å²) >= 11 is 0. The molecular weight excluding hydrogens is 670 g/mol. The molecule has 8 aliphatic carbocycles. The number of ether oxygens (including phenoxy) is 2. The second-order valence-electron chi connectivity index (χ2n) is 19.7. The van der Waals surface area contributed by atoms with Gasteiger partial charge in [-0.15, -0.1) is 0 Å². The Kier molecular flexibility index (Phi) is 9.04. The molecule has 1 heterocycles. The first-order valence-corrected chi connectivity index (χ1v) is 21.6. The molecule has 7 saturated carbocycles. The number of aldehydes is 1. The fraction of sp³-hybridized carbons (Fsp3) is 0.864. The molecule has 9 aliphatic rings. The predicted octanol–water partition coefficient (Wildman–Crippen LogP) is 5.18. The number of aliphatic hydroxyl groups excluding tert-OH is 1. The summed E-state index contributed by atoms with van der Waals surface area (Å²) in [6, 6.07) is 0. The fourth-order valence-electron chi connectivity index (χ4n) is 16.0. The average Bonchev–Trinajstić information content (AvgIpc) is 3.81. The standard InChI is InChI=1S/C44H65NO8/c1-27(28-8-3-4-9-28)29-10-11-33-35(47)12-16-40(26-46)36-13-17-39-14-5-6-15-41-32(25-45-18-7-19-52-2)21-30(38(39)34(41)22-37(48)53-41)23-43(39,50)42(36,49)24-31(20-29)44(33,40)51/h21-22,26-31,33,35-36,38,45,47,49-51H,3-20,23-25H2,1-2H3. The van der Waals surface area contributed by atoms with Crippen LogP contribution in [0.3, 0.4) is 0 Å². The van der Waals surface area contributed by atoms with Gasteiger partial charge in [-0.2, -0.15) is 0 Å². The number of hydrogen-bond donors (Lipinski definition) is 5. The molecule has 14 unspecified atom stereocenters. The van der Waals surface area contributed by atoms with Crippen LogP contribution in [0.1, 0.15) is 122 Å². The van der Waals surface area contributed by atoms with E-state index in [0.29, 0.717) is 82.3 Å². The van der Waals surface area contributed by atoms with Crippen molar-refractivity contribution >= 4 is 12.3 Å². The smallest absolute Gasteiger partial charge is 0.332 e. The van der Waals surface area contributed by atoms with Gasteiger partial charge in [0.25, 0.3) is 0 Å². The number of fused-ring (bicyclic) bond motifs is 3. The van der Waals surface area contributed by atoms with Gasteiger partial charge in [0.1, 0.15) is 11.9 Å². The lowest BCUT2D eigenvalue weighted by Crippen LogP contribution is -2.80. The molecule has 7 fully saturated rings. The Balaban J connectivity index is 1.15. The van der Waals surface area contributed by atoms with E-state index in [4.69, 9.17) is 9.47 Å². The maximum atomic E-state index is 14.0.